The third-order valence-electron chi connectivity index (χ3n) is 4.00. The van der Waals surface area contributed by atoms with Crippen LogP contribution in [0.5, 0.6) is 0 Å². The van der Waals surface area contributed by atoms with E-state index in [1.165, 1.54) is 6.07 Å². The van der Waals surface area contributed by atoms with E-state index in [0.29, 0.717) is 6.04 Å². The molecule has 1 heterocycles. The van der Waals surface area contributed by atoms with Crippen molar-refractivity contribution in [3.8, 4) is 0 Å². The van der Waals surface area contributed by atoms with E-state index in [1.807, 2.05) is 6.92 Å². The molecule has 1 saturated carbocycles. The van der Waals surface area contributed by atoms with Crippen molar-refractivity contribution in [3.63, 3.8) is 0 Å². The van der Waals surface area contributed by atoms with Crippen LogP contribution in [0.4, 0.5) is 5.69 Å². The minimum atomic E-state index is -3.24. The van der Waals surface area contributed by atoms with Crippen molar-refractivity contribution in [2.45, 2.75) is 44.4 Å². The Kier molecular flexibility index (Phi) is 4.07. The van der Waals surface area contributed by atoms with Crippen LogP contribution in [-0.2, 0) is 14.6 Å². The van der Waals surface area contributed by atoms with Gasteiger partial charge in [-0.2, -0.15) is 0 Å². The largest absolute Gasteiger partial charge is 0.380 e. The van der Waals surface area contributed by atoms with Gasteiger partial charge in [0.05, 0.1) is 18.0 Å². The highest BCUT2D eigenvalue weighted by Crippen LogP contribution is 2.44. The Hall–Kier alpha value is -1.14. The molecule has 20 heavy (non-hydrogen) atoms. The summed E-state index contributed by atoms with van der Waals surface area (Å²) in [7, 11) is -3.24. The molecule has 2 atom stereocenters. The van der Waals surface area contributed by atoms with Crippen molar-refractivity contribution < 1.29 is 13.2 Å². The van der Waals surface area contributed by atoms with Crippen molar-refractivity contribution >= 4 is 15.5 Å². The number of anilines is 1. The fourth-order valence-corrected chi connectivity index (χ4v) is 3.06. The first-order chi connectivity index (χ1) is 9.25. The van der Waals surface area contributed by atoms with Gasteiger partial charge in [-0.05, 0) is 25.5 Å². The minimum absolute atomic E-state index is 0.0610. The van der Waals surface area contributed by atoms with Crippen LogP contribution in [0, 0.1) is 5.41 Å². The van der Waals surface area contributed by atoms with Crippen LogP contribution in [0.25, 0.3) is 0 Å². The predicted molar refractivity (Wildman–Crippen MR) is 78.6 cm³/mol. The van der Waals surface area contributed by atoms with E-state index >= 15 is 0 Å². The lowest BCUT2D eigenvalue weighted by molar-refractivity contribution is -0.0976. The van der Waals surface area contributed by atoms with Gasteiger partial charge in [-0.15, -0.1) is 0 Å². The maximum Gasteiger partial charge on any atom is 0.192 e. The predicted octanol–water partition coefficient (Wildman–Crippen LogP) is 2.10. The van der Waals surface area contributed by atoms with Gasteiger partial charge in [0.25, 0.3) is 0 Å². The summed E-state index contributed by atoms with van der Waals surface area (Å²) in [6, 6.07) is 3.60. The van der Waals surface area contributed by atoms with Crippen molar-refractivity contribution in [2.75, 3.05) is 18.2 Å². The summed E-state index contributed by atoms with van der Waals surface area (Å²) < 4.78 is 28.4. The van der Waals surface area contributed by atoms with Crippen LogP contribution >= 0.6 is 0 Å². The van der Waals surface area contributed by atoms with Crippen molar-refractivity contribution in [1.82, 2.24) is 4.98 Å². The molecule has 0 saturated heterocycles. The van der Waals surface area contributed by atoms with Crippen molar-refractivity contribution in [1.29, 1.82) is 0 Å². The van der Waals surface area contributed by atoms with E-state index in [-0.39, 0.29) is 16.5 Å². The first kappa shape index (κ1) is 15.3. The van der Waals surface area contributed by atoms with Crippen LogP contribution in [0.3, 0.4) is 0 Å². The number of ether oxygens (including phenoxy) is 1. The first-order valence-electron chi connectivity index (χ1n) is 6.79. The van der Waals surface area contributed by atoms with Gasteiger partial charge in [-0.25, -0.2) is 13.4 Å². The summed E-state index contributed by atoms with van der Waals surface area (Å²) in [5.74, 6) is 0. The number of rotatable bonds is 5. The molecule has 0 aromatic carbocycles. The van der Waals surface area contributed by atoms with Crippen LogP contribution in [0.2, 0.25) is 0 Å². The topological polar surface area (TPSA) is 68.3 Å². The molecule has 0 bridgehead atoms. The number of nitrogens with zero attached hydrogens (tertiary/aromatic N) is 1. The van der Waals surface area contributed by atoms with Crippen LogP contribution in [-0.4, -0.2) is 38.4 Å². The molecular formula is C14H22N2O3S. The van der Waals surface area contributed by atoms with Gasteiger partial charge < -0.3 is 10.1 Å². The molecule has 0 spiro atoms. The molecule has 1 aromatic rings. The Bertz CT molecular complexity index is 567. The molecule has 5 nitrogen and oxygen atoms in total. The van der Waals surface area contributed by atoms with Gasteiger partial charge in [0.2, 0.25) is 0 Å². The normalized spacial score (nSPS) is 25.0. The average molecular weight is 298 g/mol. The Labute approximate surface area is 120 Å². The summed E-state index contributed by atoms with van der Waals surface area (Å²) >= 11 is 0. The van der Waals surface area contributed by atoms with E-state index in [0.717, 1.165) is 25.0 Å². The summed E-state index contributed by atoms with van der Waals surface area (Å²) in [5, 5.41) is 3.50. The monoisotopic (exact) mass is 298 g/mol. The second-order valence-electron chi connectivity index (χ2n) is 5.86. The van der Waals surface area contributed by atoms with Gasteiger partial charge in [0.15, 0.2) is 14.9 Å². The molecule has 1 fully saturated rings. The molecule has 0 amide bonds. The zero-order valence-electron chi connectivity index (χ0n) is 12.4. The van der Waals surface area contributed by atoms with Crippen molar-refractivity contribution in [2.24, 2.45) is 5.41 Å². The average Bonchev–Trinajstić information content (AvgIpc) is 2.37. The van der Waals surface area contributed by atoms with Crippen LogP contribution in [0.15, 0.2) is 23.4 Å². The second kappa shape index (κ2) is 5.33. The van der Waals surface area contributed by atoms with Crippen molar-refractivity contribution in [3.05, 3.63) is 18.3 Å². The lowest BCUT2D eigenvalue weighted by Crippen LogP contribution is -2.58. The quantitative estimate of drug-likeness (QED) is 0.901. The lowest BCUT2D eigenvalue weighted by Gasteiger charge is -2.52. The molecule has 2 unspecified atom stereocenters. The van der Waals surface area contributed by atoms with Gasteiger partial charge in [0, 0.05) is 24.3 Å². The number of hydrogen-bond acceptors (Lipinski definition) is 5. The van der Waals surface area contributed by atoms with E-state index in [9.17, 15) is 8.42 Å². The number of pyridine rings is 1. The Balaban J connectivity index is 2.02. The fraction of sp³-hybridized carbons (Fsp3) is 0.643. The molecule has 0 aliphatic heterocycles. The van der Waals surface area contributed by atoms with Crippen LogP contribution < -0.4 is 5.32 Å². The molecule has 1 N–H and O–H groups in total. The number of hydrogen-bond donors (Lipinski definition) is 1. The standard InChI is InChI=1S/C14H22N2O3S/c1-5-19-12-8-11(14(12,2)3)16-10-6-7-13(15-9-10)20(4,17)18/h6-7,9,11-12,16H,5,8H2,1-4H3. The first-order valence-corrected chi connectivity index (χ1v) is 8.68. The molecule has 2 rings (SSSR count). The molecule has 1 aliphatic rings. The highest BCUT2D eigenvalue weighted by molar-refractivity contribution is 7.90. The Morgan fingerprint density at radius 3 is 2.60 bits per heavy atom. The third kappa shape index (κ3) is 2.96. The summed E-state index contributed by atoms with van der Waals surface area (Å²) in [5.41, 5.74) is 0.899. The Morgan fingerprint density at radius 2 is 2.15 bits per heavy atom. The molecule has 1 aromatic heterocycles. The van der Waals surface area contributed by atoms with E-state index in [2.05, 4.69) is 24.1 Å². The van der Waals surface area contributed by atoms with E-state index in [4.69, 9.17) is 4.74 Å². The molecule has 1 aliphatic carbocycles. The summed E-state index contributed by atoms with van der Waals surface area (Å²) in [4.78, 5) is 3.98. The molecule has 112 valence electrons. The number of nitrogens with one attached hydrogen (secondary N) is 1. The third-order valence-corrected chi connectivity index (χ3v) is 5.00. The number of aromatic nitrogens is 1. The van der Waals surface area contributed by atoms with Crippen LogP contribution in [0.1, 0.15) is 27.2 Å². The minimum Gasteiger partial charge on any atom is -0.380 e. The highest BCUT2D eigenvalue weighted by Gasteiger charge is 2.48. The maximum atomic E-state index is 11.4. The van der Waals surface area contributed by atoms with Gasteiger partial charge in [0.1, 0.15) is 0 Å². The molecule has 0 radical (unpaired) electrons. The maximum absolute atomic E-state index is 11.4. The van der Waals surface area contributed by atoms with Gasteiger partial charge >= 0.3 is 0 Å². The Morgan fingerprint density at radius 1 is 1.45 bits per heavy atom. The molecule has 6 heteroatoms. The zero-order chi connectivity index (χ0) is 15.0. The second-order valence-corrected chi connectivity index (χ2v) is 7.82. The van der Waals surface area contributed by atoms with E-state index in [1.54, 1.807) is 12.3 Å². The number of sulfone groups is 1. The molecular weight excluding hydrogens is 276 g/mol. The zero-order valence-corrected chi connectivity index (χ0v) is 13.2. The van der Waals surface area contributed by atoms with Gasteiger partial charge in [-0.3, -0.25) is 0 Å². The summed E-state index contributed by atoms with van der Waals surface area (Å²) in [6.07, 6.45) is 3.95. The van der Waals surface area contributed by atoms with Gasteiger partial charge in [-0.1, -0.05) is 13.8 Å². The summed E-state index contributed by atoms with van der Waals surface area (Å²) in [6.45, 7) is 7.08. The smallest absolute Gasteiger partial charge is 0.192 e. The fourth-order valence-electron chi connectivity index (χ4n) is 2.50. The lowest BCUT2D eigenvalue weighted by atomic mass is 9.64. The highest BCUT2D eigenvalue weighted by atomic mass is 32.2. The van der Waals surface area contributed by atoms with E-state index < -0.39 is 9.84 Å². The SMILES string of the molecule is CCOC1CC(Nc2ccc(S(C)(=O)=O)nc2)C1(C)C.